The van der Waals surface area contributed by atoms with E-state index < -0.39 is 29.2 Å². The van der Waals surface area contributed by atoms with Gasteiger partial charge in [0.2, 0.25) is 5.91 Å². The molecule has 0 saturated carbocycles. The van der Waals surface area contributed by atoms with Gasteiger partial charge in [-0.25, -0.2) is 4.98 Å². The lowest BCUT2D eigenvalue weighted by Crippen LogP contribution is -2.48. The molecule has 2 saturated heterocycles. The Labute approximate surface area is 222 Å². The van der Waals surface area contributed by atoms with Gasteiger partial charge in [-0.05, 0) is 43.2 Å². The Kier molecular flexibility index (Phi) is 8.54. The number of hydrogen-bond acceptors (Lipinski definition) is 6. The second-order valence-electron chi connectivity index (χ2n) is 9.65. The molecule has 210 valence electrons. The summed E-state index contributed by atoms with van der Waals surface area (Å²) in [6, 6.07) is 7.44. The molecule has 1 aromatic carbocycles. The number of alkyl halides is 6. The fraction of sp³-hybridized carbons (Fsp3) is 0.500. The molecule has 0 spiro atoms. The van der Waals surface area contributed by atoms with Gasteiger partial charge in [0.15, 0.2) is 0 Å². The Morgan fingerprint density at radius 2 is 1.67 bits per heavy atom. The molecule has 7 nitrogen and oxygen atoms in total. The second-order valence-corrected chi connectivity index (χ2v) is 9.65. The highest BCUT2D eigenvalue weighted by molar-refractivity contribution is 5.76. The largest absolute Gasteiger partial charge is 0.433 e. The summed E-state index contributed by atoms with van der Waals surface area (Å²) in [5.41, 5.74) is -1.40. The van der Waals surface area contributed by atoms with Crippen molar-refractivity contribution in [1.29, 1.82) is 5.26 Å². The molecule has 4 rings (SSSR count). The van der Waals surface area contributed by atoms with Crippen LogP contribution >= 0.6 is 0 Å². The van der Waals surface area contributed by atoms with E-state index >= 15 is 0 Å². The molecule has 1 N–H and O–H groups in total. The number of piperazine rings is 1. The summed E-state index contributed by atoms with van der Waals surface area (Å²) < 4.78 is 77.8. The molecule has 0 atom stereocenters. The number of halogens is 6. The Hall–Kier alpha value is -3.53. The molecular weight excluding hydrogens is 526 g/mol. The van der Waals surface area contributed by atoms with Crippen molar-refractivity contribution in [2.75, 3.05) is 56.0 Å². The second kappa shape index (κ2) is 11.7. The first-order valence-corrected chi connectivity index (χ1v) is 12.6. The van der Waals surface area contributed by atoms with E-state index in [1.165, 1.54) is 18.3 Å². The molecule has 0 unspecified atom stereocenters. The van der Waals surface area contributed by atoms with Crippen LogP contribution in [0.4, 0.5) is 37.7 Å². The number of piperidine rings is 1. The van der Waals surface area contributed by atoms with Crippen LogP contribution < -0.4 is 10.2 Å². The van der Waals surface area contributed by atoms with Gasteiger partial charge in [0, 0.05) is 64.0 Å². The number of amides is 1. The Morgan fingerprint density at radius 1 is 0.974 bits per heavy atom. The summed E-state index contributed by atoms with van der Waals surface area (Å²) in [4.78, 5) is 22.1. The molecule has 0 aliphatic carbocycles. The van der Waals surface area contributed by atoms with E-state index in [2.05, 4.69) is 15.2 Å². The van der Waals surface area contributed by atoms with E-state index in [4.69, 9.17) is 5.26 Å². The highest BCUT2D eigenvalue weighted by atomic mass is 19.4. The predicted octanol–water partition coefficient (Wildman–Crippen LogP) is 4.61. The van der Waals surface area contributed by atoms with Gasteiger partial charge in [0.25, 0.3) is 0 Å². The third kappa shape index (κ3) is 7.32. The standard InChI is InChI=1S/C26H28F6N6O/c27-25(28,29)22-15-20(2-1-18(22)16-33)35-19-5-9-38(10-6-19)24(39)7-8-36-11-13-37(14-12-36)21-3-4-23(34-17-21)26(30,31)32/h1-4,15,17,19,35H,5-14H2. The summed E-state index contributed by atoms with van der Waals surface area (Å²) in [5.74, 6) is 0.0144. The zero-order valence-corrected chi connectivity index (χ0v) is 21.0. The number of nitriles is 1. The van der Waals surface area contributed by atoms with Crippen molar-refractivity contribution in [3.05, 3.63) is 53.3 Å². The van der Waals surface area contributed by atoms with Crippen molar-refractivity contribution < 1.29 is 31.1 Å². The van der Waals surface area contributed by atoms with E-state index in [0.717, 1.165) is 18.2 Å². The van der Waals surface area contributed by atoms with Crippen LogP contribution in [0.15, 0.2) is 36.5 Å². The maximum Gasteiger partial charge on any atom is 0.433 e. The summed E-state index contributed by atoms with van der Waals surface area (Å²) in [5, 5.41) is 12.0. The van der Waals surface area contributed by atoms with Gasteiger partial charge >= 0.3 is 12.4 Å². The molecule has 13 heteroatoms. The fourth-order valence-corrected chi connectivity index (χ4v) is 4.86. The quantitative estimate of drug-likeness (QED) is 0.526. The highest BCUT2D eigenvalue weighted by Crippen LogP contribution is 2.34. The topological polar surface area (TPSA) is 75.5 Å². The number of carbonyl (C=O) groups excluding carboxylic acids is 1. The maximum absolute atomic E-state index is 13.2. The van der Waals surface area contributed by atoms with Crippen molar-refractivity contribution in [1.82, 2.24) is 14.8 Å². The minimum atomic E-state index is -4.62. The van der Waals surface area contributed by atoms with Crippen LogP contribution in [0, 0.1) is 11.3 Å². The lowest BCUT2D eigenvalue weighted by atomic mass is 10.0. The van der Waals surface area contributed by atoms with Crippen molar-refractivity contribution in [3.63, 3.8) is 0 Å². The van der Waals surface area contributed by atoms with Crippen LogP contribution in [-0.2, 0) is 17.1 Å². The normalized spacial score (nSPS) is 17.7. The summed E-state index contributed by atoms with van der Waals surface area (Å²) in [7, 11) is 0. The fourth-order valence-electron chi connectivity index (χ4n) is 4.86. The van der Waals surface area contributed by atoms with Gasteiger partial charge in [-0.15, -0.1) is 0 Å². The van der Waals surface area contributed by atoms with Gasteiger partial charge in [-0.2, -0.15) is 31.6 Å². The lowest BCUT2D eigenvalue weighted by Gasteiger charge is -2.37. The molecule has 1 amide bonds. The van der Waals surface area contributed by atoms with Crippen molar-refractivity contribution in [2.24, 2.45) is 0 Å². The molecule has 0 radical (unpaired) electrons. The summed E-state index contributed by atoms with van der Waals surface area (Å²) >= 11 is 0. The summed E-state index contributed by atoms with van der Waals surface area (Å²) in [6.45, 7) is 4.13. The number of nitrogens with one attached hydrogen (secondary N) is 1. The monoisotopic (exact) mass is 554 g/mol. The van der Waals surface area contributed by atoms with E-state index in [9.17, 15) is 31.1 Å². The molecular formula is C26H28F6N6O. The Bertz CT molecular complexity index is 1180. The molecule has 2 aliphatic rings. The first-order chi connectivity index (χ1) is 18.4. The number of anilines is 2. The Balaban J connectivity index is 1.19. The number of likely N-dealkylation sites (tertiary alicyclic amines) is 1. The number of rotatable bonds is 6. The molecule has 2 aromatic rings. The van der Waals surface area contributed by atoms with Gasteiger partial charge < -0.3 is 15.1 Å². The zero-order chi connectivity index (χ0) is 28.2. The average molecular weight is 555 g/mol. The van der Waals surface area contributed by atoms with E-state index in [1.54, 1.807) is 11.0 Å². The minimum absolute atomic E-state index is 0.0144. The lowest BCUT2D eigenvalue weighted by molar-refractivity contribution is -0.141. The number of benzene rings is 1. The average Bonchev–Trinajstić information content (AvgIpc) is 2.91. The van der Waals surface area contributed by atoms with Gasteiger partial charge in [0.05, 0.1) is 29.1 Å². The first kappa shape index (κ1) is 28.5. The van der Waals surface area contributed by atoms with Crippen LogP contribution in [-0.4, -0.2) is 72.5 Å². The van der Waals surface area contributed by atoms with Gasteiger partial charge in [0.1, 0.15) is 5.69 Å². The van der Waals surface area contributed by atoms with Gasteiger partial charge in [-0.3, -0.25) is 9.69 Å². The van der Waals surface area contributed by atoms with Gasteiger partial charge in [-0.1, -0.05) is 0 Å². The minimum Gasteiger partial charge on any atom is -0.382 e. The zero-order valence-electron chi connectivity index (χ0n) is 21.0. The number of hydrogen-bond donors (Lipinski definition) is 1. The molecule has 1 aromatic heterocycles. The van der Waals surface area contributed by atoms with Crippen molar-refractivity contribution in [3.8, 4) is 6.07 Å². The van der Waals surface area contributed by atoms with Crippen molar-refractivity contribution >= 4 is 17.3 Å². The molecule has 2 fully saturated rings. The smallest absolute Gasteiger partial charge is 0.382 e. The number of carbonyl (C=O) groups is 1. The van der Waals surface area contributed by atoms with E-state index in [-0.39, 0.29) is 17.6 Å². The van der Waals surface area contributed by atoms with Crippen LogP contribution in [0.3, 0.4) is 0 Å². The van der Waals surface area contributed by atoms with Crippen molar-refractivity contribution in [2.45, 2.75) is 37.7 Å². The number of nitrogens with zero attached hydrogens (tertiary/aromatic N) is 5. The molecule has 39 heavy (non-hydrogen) atoms. The first-order valence-electron chi connectivity index (χ1n) is 12.6. The van der Waals surface area contributed by atoms with Crippen LogP contribution in [0.2, 0.25) is 0 Å². The highest BCUT2D eigenvalue weighted by Gasteiger charge is 2.34. The SMILES string of the molecule is N#Cc1ccc(NC2CCN(C(=O)CCN3CCN(c4ccc(C(F)(F)F)nc4)CC3)CC2)cc1C(F)(F)F. The third-order valence-electron chi connectivity index (χ3n) is 7.08. The van der Waals surface area contributed by atoms with Crippen LogP contribution in [0.1, 0.15) is 36.1 Å². The van der Waals surface area contributed by atoms with E-state index in [1.807, 2.05) is 4.90 Å². The maximum atomic E-state index is 13.2. The summed E-state index contributed by atoms with van der Waals surface area (Å²) in [6.07, 6.45) is -6.34. The van der Waals surface area contributed by atoms with Crippen LogP contribution in [0.5, 0.6) is 0 Å². The number of pyridine rings is 1. The Morgan fingerprint density at radius 3 is 2.23 bits per heavy atom. The third-order valence-corrected chi connectivity index (χ3v) is 7.08. The molecule has 2 aliphatic heterocycles. The molecule has 0 bridgehead atoms. The van der Waals surface area contributed by atoms with E-state index in [0.29, 0.717) is 70.8 Å². The molecule has 3 heterocycles. The predicted molar refractivity (Wildman–Crippen MR) is 132 cm³/mol. The van der Waals surface area contributed by atoms with Crippen LogP contribution in [0.25, 0.3) is 0 Å². The number of aromatic nitrogens is 1.